The van der Waals surface area contributed by atoms with Crippen molar-refractivity contribution in [2.75, 3.05) is 5.75 Å². The summed E-state index contributed by atoms with van der Waals surface area (Å²) in [5.74, 6) is 0.129. The molecule has 1 atom stereocenters. The molecule has 0 amide bonds. The Morgan fingerprint density at radius 3 is 2.12 bits per heavy atom. The summed E-state index contributed by atoms with van der Waals surface area (Å²) in [5, 5.41) is 3.64. The van der Waals surface area contributed by atoms with E-state index in [-0.39, 0.29) is 17.3 Å². The van der Waals surface area contributed by atoms with Crippen LogP contribution in [0.1, 0.15) is 44.9 Å². The number of nitrogens with one attached hydrogen (secondary N) is 1. The topological polar surface area (TPSA) is 46.2 Å². The van der Waals surface area contributed by atoms with Gasteiger partial charge in [-0.05, 0) is 50.5 Å². The average Bonchev–Trinajstić information content (AvgIpc) is 2.55. The van der Waals surface area contributed by atoms with Gasteiger partial charge in [-0.15, -0.1) is 0 Å². The average molecular weight is 346 g/mol. The van der Waals surface area contributed by atoms with Crippen LogP contribution in [0, 0.1) is 0 Å². The van der Waals surface area contributed by atoms with E-state index in [0.717, 1.165) is 12.0 Å². The Morgan fingerprint density at radius 1 is 1.00 bits per heavy atom. The molecule has 24 heavy (non-hydrogen) atoms. The summed E-state index contributed by atoms with van der Waals surface area (Å²) in [7, 11) is -3.14. The quantitative estimate of drug-likeness (QED) is 0.820. The van der Waals surface area contributed by atoms with Crippen LogP contribution in [0.15, 0.2) is 59.5 Å². The van der Waals surface area contributed by atoms with Gasteiger partial charge in [-0.3, -0.25) is 0 Å². The molecule has 2 aromatic carbocycles. The molecule has 3 nitrogen and oxygen atoms in total. The molecule has 0 aromatic heterocycles. The maximum Gasteiger partial charge on any atom is 0.178 e. The standard InChI is InChI=1S/C20H27NO2S/c1-5-24(22,23)19-13-11-18(12-14-19)16(2)21-20(3,4)15-17-9-7-6-8-10-17/h6-14,16,21H,5,15H2,1-4H3. The van der Waals surface area contributed by atoms with E-state index in [4.69, 9.17) is 0 Å². The lowest BCUT2D eigenvalue weighted by Crippen LogP contribution is -2.42. The van der Waals surface area contributed by atoms with Crippen LogP contribution < -0.4 is 5.32 Å². The van der Waals surface area contributed by atoms with Gasteiger partial charge < -0.3 is 5.32 Å². The second-order valence-electron chi connectivity index (χ2n) is 6.88. The summed E-state index contributed by atoms with van der Waals surface area (Å²) >= 11 is 0. The number of sulfone groups is 1. The first-order valence-corrected chi connectivity index (χ1v) is 10.0. The Hall–Kier alpha value is -1.65. The van der Waals surface area contributed by atoms with Crippen LogP contribution in [-0.4, -0.2) is 19.7 Å². The van der Waals surface area contributed by atoms with Gasteiger partial charge in [0.05, 0.1) is 10.6 Å². The highest BCUT2D eigenvalue weighted by atomic mass is 32.2. The first-order valence-electron chi connectivity index (χ1n) is 8.38. The highest BCUT2D eigenvalue weighted by Gasteiger charge is 2.21. The molecule has 130 valence electrons. The minimum atomic E-state index is -3.14. The van der Waals surface area contributed by atoms with Crippen molar-refractivity contribution < 1.29 is 8.42 Å². The monoisotopic (exact) mass is 345 g/mol. The third-order valence-corrected chi connectivity index (χ3v) is 5.97. The Morgan fingerprint density at radius 2 is 1.58 bits per heavy atom. The number of rotatable bonds is 7. The van der Waals surface area contributed by atoms with Crippen LogP contribution in [0.4, 0.5) is 0 Å². The highest BCUT2D eigenvalue weighted by Crippen LogP contribution is 2.21. The molecule has 0 aliphatic heterocycles. The third-order valence-electron chi connectivity index (χ3n) is 4.22. The minimum absolute atomic E-state index is 0.0606. The fourth-order valence-corrected chi connectivity index (χ4v) is 3.84. The van der Waals surface area contributed by atoms with E-state index in [1.807, 2.05) is 18.2 Å². The smallest absolute Gasteiger partial charge is 0.178 e. The summed E-state index contributed by atoms with van der Waals surface area (Å²) in [6.07, 6.45) is 0.931. The third kappa shape index (κ3) is 4.92. The van der Waals surface area contributed by atoms with Crippen molar-refractivity contribution in [1.29, 1.82) is 0 Å². The molecule has 0 aliphatic rings. The van der Waals surface area contributed by atoms with Gasteiger partial charge in [-0.1, -0.05) is 49.4 Å². The van der Waals surface area contributed by atoms with Gasteiger partial charge in [0, 0.05) is 11.6 Å². The summed E-state index contributed by atoms with van der Waals surface area (Å²) in [4.78, 5) is 0.393. The van der Waals surface area contributed by atoms with Crippen LogP contribution in [0.2, 0.25) is 0 Å². The summed E-state index contributed by atoms with van der Waals surface area (Å²) in [6, 6.07) is 17.8. The van der Waals surface area contributed by atoms with Gasteiger partial charge in [0.2, 0.25) is 0 Å². The first kappa shape index (κ1) is 18.7. The van der Waals surface area contributed by atoms with Crippen molar-refractivity contribution in [1.82, 2.24) is 5.32 Å². The normalized spacial score (nSPS) is 13.7. The lowest BCUT2D eigenvalue weighted by atomic mass is 9.93. The molecule has 0 spiro atoms. The van der Waals surface area contributed by atoms with Crippen LogP contribution >= 0.6 is 0 Å². The predicted octanol–water partition coefficient (Wildman–Crippen LogP) is 4.15. The maximum atomic E-state index is 11.9. The van der Waals surface area contributed by atoms with Crippen molar-refractivity contribution in [3.8, 4) is 0 Å². The number of hydrogen-bond acceptors (Lipinski definition) is 3. The molecule has 1 N–H and O–H groups in total. The van der Waals surface area contributed by atoms with E-state index in [1.165, 1.54) is 5.56 Å². The Kier molecular flexibility index (Phi) is 5.83. The second kappa shape index (κ2) is 7.49. The van der Waals surface area contributed by atoms with Crippen molar-refractivity contribution >= 4 is 9.84 Å². The Bertz CT molecular complexity index is 750. The molecule has 0 heterocycles. The van der Waals surface area contributed by atoms with E-state index in [0.29, 0.717) is 4.90 Å². The summed E-state index contributed by atoms with van der Waals surface area (Å²) in [5.41, 5.74) is 2.33. The van der Waals surface area contributed by atoms with Crippen LogP contribution in [0.5, 0.6) is 0 Å². The largest absolute Gasteiger partial charge is 0.305 e. The molecule has 2 aromatic rings. The van der Waals surface area contributed by atoms with Crippen LogP contribution in [0.3, 0.4) is 0 Å². The van der Waals surface area contributed by atoms with Gasteiger partial charge in [-0.25, -0.2) is 8.42 Å². The van der Waals surface area contributed by atoms with Gasteiger partial charge in [0.15, 0.2) is 9.84 Å². The molecule has 0 bridgehead atoms. The van der Waals surface area contributed by atoms with Crippen LogP contribution in [0.25, 0.3) is 0 Å². The molecule has 1 unspecified atom stereocenters. The summed E-state index contributed by atoms with van der Waals surface area (Å²) < 4.78 is 23.8. The first-order chi connectivity index (χ1) is 11.2. The molecule has 0 saturated carbocycles. The van der Waals surface area contributed by atoms with E-state index >= 15 is 0 Å². The molecular weight excluding hydrogens is 318 g/mol. The fraction of sp³-hybridized carbons (Fsp3) is 0.400. The van der Waals surface area contributed by atoms with Crippen molar-refractivity contribution in [3.05, 3.63) is 65.7 Å². The van der Waals surface area contributed by atoms with E-state index < -0.39 is 9.84 Å². The van der Waals surface area contributed by atoms with E-state index in [1.54, 1.807) is 19.1 Å². The molecular formula is C20H27NO2S. The van der Waals surface area contributed by atoms with Crippen molar-refractivity contribution in [2.45, 2.75) is 50.6 Å². The zero-order valence-electron chi connectivity index (χ0n) is 14.9. The molecule has 4 heteroatoms. The Balaban J connectivity index is 2.07. The minimum Gasteiger partial charge on any atom is -0.305 e. The zero-order chi connectivity index (χ0) is 17.8. The van der Waals surface area contributed by atoms with Gasteiger partial charge in [0.25, 0.3) is 0 Å². The lowest BCUT2D eigenvalue weighted by molar-refractivity contribution is 0.345. The van der Waals surface area contributed by atoms with Crippen LogP contribution in [-0.2, 0) is 16.3 Å². The SMILES string of the molecule is CCS(=O)(=O)c1ccc(C(C)NC(C)(C)Cc2ccccc2)cc1. The molecule has 0 aliphatic carbocycles. The second-order valence-corrected chi connectivity index (χ2v) is 9.16. The molecule has 0 fully saturated rings. The fourth-order valence-electron chi connectivity index (χ4n) is 2.96. The predicted molar refractivity (Wildman–Crippen MR) is 99.9 cm³/mol. The maximum absolute atomic E-state index is 11.9. The summed E-state index contributed by atoms with van der Waals surface area (Å²) in [6.45, 7) is 8.15. The van der Waals surface area contributed by atoms with Gasteiger partial charge >= 0.3 is 0 Å². The Labute approximate surface area is 146 Å². The van der Waals surface area contributed by atoms with E-state index in [2.05, 4.69) is 50.4 Å². The molecule has 2 rings (SSSR count). The van der Waals surface area contributed by atoms with E-state index in [9.17, 15) is 8.42 Å². The molecule has 0 saturated heterocycles. The lowest BCUT2D eigenvalue weighted by Gasteiger charge is -2.31. The van der Waals surface area contributed by atoms with Gasteiger partial charge in [0.1, 0.15) is 0 Å². The van der Waals surface area contributed by atoms with Crippen molar-refractivity contribution in [2.24, 2.45) is 0 Å². The number of hydrogen-bond donors (Lipinski definition) is 1. The highest BCUT2D eigenvalue weighted by molar-refractivity contribution is 7.91. The zero-order valence-corrected chi connectivity index (χ0v) is 15.7. The molecule has 0 radical (unpaired) electrons. The van der Waals surface area contributed by atoms with Crippen molar-refractivity contribution in [3.63, 3.8) is 0 Å². The number of benzene rings is 2. The van der Waals surface area contributed by atoms with Gasteiger partial charge in [-0.2, -0.15) is 0 Å².